The van der Waals surface area contributed by atoms with E-state index in [0.717, 1.165) is 6.42 Å². The van der Waals surface area contributed by atoms with Crippen LogP contribution in [0.3, 0.4) is 0 Å². The Morgan fingerprint density at radius 2 is 2.05 bits per heavy atom. The van der Waals surface area contributed by atoms with E-state index in [0.29, 0.717) is 29.0 Å². The van der Waals surface area contributed by atoms with Crippen LogP contribution in [0.2, 0.25) is 0 Å². The van der Waals surface area contributed by atoms with E-state index in [9.17, 15) is 4.79 Å². The van der Waals surface area contributed by atoms with E-state index in [1.54, 1.807) is 6.07 Å². The summed E-state index contributed by atoms with van der Waals surface area (Å²) in [5.74, 6) is 1.10. The normalized spacial score (nSPS) is 25.7. The number of allylic oxidation sites excluding steroid dienone is 2. The standard InChI is InChI=1S/C18H23NO2/c1-12-9-13(2)16(14(3)10-12)11-19-17-8-6-5-7-15(17)18(20)21-4/h5-9,11,13-14,16H,10H2,1-4H3. The minimum Gasteiger partial charge on any atom is -0.465 e. The lowest BCUT2D eigenvalue weighted by atomic mass is 9.76. The molecule has 21 heavy (non-hydrogen) atoms. The second kappa shape index (κ2) is 6.70. The van der Waals surface area contributed by atoms with Crippen LogP contribution >= 0.6 is 0 Å². The van der Waals surface area contributed by atoms with Gasteiger partial charge in [-0.05, 0) is 37.3 Å². The molecule has 0 radical (unpaired) electrons. The van der Waals surface area contributed by atoms with E-state index in [4.69, 9.17) is 4.74 Å². The molecule has 0 fully saturated rings. The van der Waals surface area contributed by atoms with Crippen LogP contribution in [0.15, 0.2) is 40.9 Å². The zero-order chi connectivity index (χ0) is 15.4. The lowest BCUT2D eigenvalue weighted by Crippen LogP contribution is -2.24. The van der Waals surface area contributed by atoms with E-state index in [1.165, 1.54) is 12.7 Å². The highest BCUT2D eigenvalue weighted by Crippen LogP contribution is 2.33. The maximum absolute atomic E-state index is 11.8. The van der Waals surface area contributed by atoms with Crippen LogP contribution in [0.4, 0.5) is 5.69 Å². The SMILES string of the molecule is COC(=O)c1ccccc1N=CC1C(C)C=C(C)CC1C. The molecule has 0 amide bonds. The van der Waals surface area contributed by atoms with Gasteiger partial charge in [-0.2, -0.15) is 0 Å². The molecule has 0 heterocycles. The molecule has 1 aromatic rings. The molecule has 0 aliphatic heterocycles. The summed E-state index contributed by atoms with van der Waals surface area (Å²) < 4.78 is 4.80. The first-order valence-electron chi connectivity index (χ1n) is 7.41. The molecule has 3 heteroatoms. The van der Waals surface area contributed by atoms with Gasteiger partial charge in [-0.3, -0.25) is 4.99 Å². The molecule has 1 aliphatic carbocycles. The first-order chi connectivity index (χ1) is 10.0. The lowest BCUT2D eigenvalue weighted by molar-refractivity contribution is 0.0601. The first-order valence-corrected chi connectivity index (χ1v) is 7.41. The summed E-state index contributed by atoms with van der Waals surface area (Å²) in [6.45, 7) is 6.67. The molecule has 3 nitrogen and oxygen atoms in total. The molecule has 112 valence electrons. The fraction of sp³-hybridized carbons (Fsp3) is 0.444. The number of methoxy groups -OCH3 is 1. The van der Waals surface area contributed by atoms with E-state index >= 15 is 0 Å². The number of aliphatic imine (C=N–C) groups is 1. The molecule has 0 spiro atoms. The zero-order valence-corrected chi connectivity index (χ0v) is 13.2. The maximum atomic E-state index is 11.8. The van der Waals surface area contributed by atoms with Crippen LogP contribution < -0.4 is 0 Å². The largest absolute Gasteiger partial charge is 0.465 e. The Morgan fingerprint density at radius 1 is 1.33 bits per heavy atom. The van der Waals surface area contributed by atoms with E-state index in [-0.39, 0.29) is 5.97 Å². The highest BCUT2D eigenvalue weighted by Gasteiger charge is 2.25. The molecule has 3 atom stereocenters. The number of esters is 1. The Bertz CT molecular complexity index is 574. The quantitative estimate of drug-likeness (QED) is 0.468. The van der Waals surface area contributed by atoms with Crippen molar-refractivity contribution in [3.8, 4) is 0 Å². The van der Waals surface area contributed by atoms with Gasteiger partial charge in [0.15, 0.2) is 0 Å². The van der Waals surface area contributed by atoms with Gasteiger partial charge in [-0.25, -0.2) is 4.79 Å². The third-order valence-corrected chi connectivity index (χ3v) is 4.15. The smallest absolute Gasteiger partial charge is 0.340 e. The van der Waals surface area contributed by atoms with Crippen LogP contribution in [-0.4, -0.2) is 19.3 Å². The summed E-state index contributed by atoms with van der Waals surface area (Å²) in [6, 6.07) is 7.30. The molecular formula is C18H23NO2. The topological polar surface area (TPSA) is 38.7 Å². The Labute approximate surface area is 126 Å². The molecule has 0 saturated carbocycles. The van der Waals surface area contributed by atoms with Crippen molar-refractivity contribution in [2.24, 2.45) is 22.7 Å². The van der Waals surface area contributed by atoms with Gasteiger partial charge < -0.3 is 4.74 Å². The van der Waals surface area contributed by atoms with E-state index < -0.39 is 0 Å². The van der Waals surface area contributed by atoms with Crippen molar-refractivity contribution >= 4 is 17.9 Å². The average Bonchev–Trinajstić information content (AvgIpc) is 2.45. The van der Waals surface area contributed by atoms with Crippen LogP contribution in [-0.2, 0) is 4.74 Å². The summed E-state index contributed by atoms with van der Waals surface area (Å²) in [7, 11) is 1.39. The Kier molecular flexibility index (Phi) is 4.94. The number of hydrogen-bond donors (Lipinski definition) is 0. The summed E-state index contributed by atoms with van der Waals surface area (Å²) in [5, 5.41) is 0. The zero-order valence-electron chi connectivity index (χ0n) is 13.2. The third-order valence-electron chi connectivity index (χ3n) is 4.15. The van der Waals surface area contributed by atoms with Crippen molar-refractivity contribution in [2.45, 2.75) is 27.2 Å². The van der Waals surface area contributed by atoms with Gasteiger partial charge in [-0.15, -0.1) is 0 Å². The molecule has 0 bridgehead atoms. The second-order valence-corrected chi connectivity index (χ2v) is 5.92. The highest BCUT2D eigenvalue weighted by molar-refractivity contribution is 5.95. The van der Waals surface area contributed by atoms with Gasteiger partial charge in [0.25, 0.3) is 0 Å². The van der Waals surface area contributed by atoms with Gasteiger partial charge in [0, 0.05) is 12.1 Å². The van der Waals surface area contributed by atoms with Crippen LogP contribution in [0.25, 0.3) is 0 Å². The van der Waals surface area contributed by atoms with Gasteiger partial charge in [0.2, 0.25) is 0 Å². The molecule has 2 rings (SSSR count). The average molecular weight is 285 g/mol. The van der Waals surface area contributed by atoms with Crippen molar-refractivity contribution in [1.82, 2.24) is 0 Å². The Hall–Kier alpha value is -1.90. The fourth-order valence-corrected chi connectivity index (χ4v) is 3.11. The van der Waals surface area contributed by atoms with Crippen LogP contribution in [0, 0.1) is 17.8 Å². The van der Waals surface area contributed by atoms with E-state index in [2.05, 4.69) is 31.8 Å². The monoisotopic (exact) mass is 285 g/mol. The predicted molar refractivity (Wildman–Crippen MR) is 86.1 cm³/mol. The van der Waals surface area contributed by atoms with Crippen molar-refractivity contribution in [1.29, 1.82) is 0 Å². The predicted octanol–water partition coefficient (Wildman–Crippen LogP) is 4.41. The molecule has 3 unspecified atom stereocenters. The van der Waals surface area contributed by atoms with Gasteiger partial charge in [0.1, 0.15) is 0 Å². The van der Waals surface area contributed by atoms with Crippen molar-refractivity contribution in [2.75, 3.05) is 7.11 Å². The van der Waals surface area contributed by atoms with Gasteiger partial charge in [-0.1, -0.05) is 37.6 Å². The molecular weight excluding hydrogens is 262 g/mol. The van der Waals surface area contributed by atoms with Gasteiger partial charge >= 0.3 is 5.97 Å². The number of para-hydroxylation sites is 1. The number of hydrogen-bond acceptors (Lipinski definition) is 3. The first kappa shape index (κ1) is 15.5. The van der Waals surface area contributed by atoms with Gasteiger partial charge in [0.05, 0.1) is 18.4 Å². The number of carbonyl (C=O) groups is 1. The summed E-state index contributed by atoms with van der Waals surface area (Å²) in [5.41, 5.74) is 2.64. The summed E-state index contributed by atoms with van der Waals surface area (Å²) >= 11 is 0. The number of carbonyl (C=O) groups excluding carboxylic acids is 1. The van der Waals surface area contributed by atoms with Crippen molar-refractivity contribution in [3.05, 3.63) is 41.5 Å². The number of ether oxygens (including phenoxy) is 1. The second-order valence-electron chi connectivity index (χ2n) is 5.92. The van der Waals surface area contributed by atoms with Crippen LogP contribution in [0.1, 0.15) is 37.6 Å². The molecule has 0 aromatic heterocycles. The van der Waals surface area contributed by atoms with Crippen LogP contribution in [0.5, 0.6) is 0 Å². The van der Waals surface area contributed by atoms with Crippen molar-refractivity contribution in [3.63, 3.8) is 0 Å². The molecule has 0 N–H and O–H groups in total. The lowest BCUT2D eigenvalue weighted by Gasteiger charge is -2.30. The number of benzene rings is 1. The number of rotatable bonds is 3. The summed E-state index contributed by atoms with van der Waals surface area (Å²) in [6.07, 6.45) is 5.43. The molecule has 0 saturated heterocycles. The Morgan fingerprint density at radius 3 is 2.71 bits per heavy atom. The molecule has 1 aliphatic rings. The fourth-order valence-electron chi connectivity index (χ4n) is 3.11. The highest BCUT2D eigenvalue weighted by atomic mass is 16.5. The maximum Gasteiger partial charge on any atom is 0.340 e. The molecule has 1 aromatic carbocycles. The summed E-state index contributed by atoms with van der Waals surface area (Å²) in [4.78, 5) is 16.3. The van der Waals surface area contributed by atoms with Crippen molar-refractivity contribution < 1.29 is 9.53 Å². The number of nitrogens with zero attached hydrogens (tertiary/aromatic N) is 1. The minimum atomic E-state index is -0.344. The third kappa shape index (κ3) is 3.60. The van der Waals surface area contributed by atoms with E-state index in [1.807, 2.05) is 24.4 Å². The minimum absolute atomic E-state index is 0.344. The Balaban J connectivity index is 2.24.